The first-order chi connectivity index (χ1) is 13.4. The average molecular weight is 413 g/mol. The molecule has 1 unspecified atom stereocenters. The summed E-state index contributed by atoms with van der Waals surface area (Å²) in [6, 6.07) is 0.00336. The summed E-state index contributed by atoms with van der Waals surface area (Å²) in [5, 5.41) is 25.6. The van der Waals surface area contributed by atoms with Gasteiger partial charge in [0.15, 0.2) is 0 Å². The Kier molecular flexibility index (Phi) is 8.40. The minimum atomic E-state index is -0.598. The molecule has 10 nitrogen and oxygen atoms in total. The number of nitrogens with zero attached hydrogens (tertiary/aromatic N) is 3. The summed E-state index contributed by atoms with van der Waals surface area (Å²) in [6.07, 6.45) is 3.91. The Hall–Kier alpha value is -2.46. The summed E-state index contributed by atoms with van der Waals surface area (Å²) in [7, 11) is 0. The van der Waals surface area contributed by atoms with Crippen LogP contribution >= 0.6 is 11.6 Å². The second-order valence-corrected chi connectivity index (χ2v) is 6.76. The van der Waals surface area contributed by atoms with Gasteiger partial charge in [-0.05, 0) is 44.7 Å². The second kappa shape index (κ2) is 10.8. The standard InChI is InChI=1S/C17H25ClN6O4/c1-11-9-21-17(18)23-16(11)20-6-4-8-28-15(19)14(24(25)26)12(2)22-13-5-3-7-27-10-13/h9,13,19,22H,3-8,10H2,1-2H3,(H,20,21,23)/b14-12+,19-15?. The first-order valence-corrected chi connectivity index (χ1v) is 9.40. The number of nitro groups is 1. The van der Waals surface area contributed by atoms with E-state index < -0.39 is 10.8 Å². The molecule has 3 N–H and O–H groups in total. The van der Waals surface area contributed by atoms with Crippen molar-refractivity contribution in [3.8, 4) is 0 Å². The smallest absolute Gasteiger partial charge is 0.348 e. The molecule has 28 heavy (non-hydrogen) atoms. The molecule has 2 rings (SSSR count). The van der Waals surface area contributed by atoms with Crippen LogP contribution in [0.4, 0.5) is 5.82 Å². The van der Waals surface area contributed by atoms with Crippen LogP contribution in [0.5, 0.6) is 0 Å². The summed E-state index contributed by atoms with van der Waals surface area (Å²) >= 11 is 5.76. The van der Waals surface area contributed by atoms with E-state index in [4.69, 9.17) is 26.5 Å². The first kappa shape index (κ1) is 21.8. The molecule has 1 saturated heterocycles. The van der Waals surface area contributed by atoms with Gasteiger partial charge in [0.1, 0.15) is 5.82 Å². The van der Waals surface area contributed by atoms with Crippen LogP contribution in [0.15, 0.2) is 17.6 Å². The van der Waals surface area contributed by atoms with Gasteiger partial charge in [-0.25, -0.2) is 9.97 Å². The fourth-order valence-corrected chi connectivity index (χ4v) is 2.87. The molecule has 2 heterocycles. The third kappa shape index (κ3) is 6.61. The zero-order valence-corrected chi connectivity index (χ0v) is 16.7. The molecule has 1 aliphatic rings. The van der Waals surface area contributed by atoms with Crippen LogP contribution in [0.2, 0.25) is 5.28 Å². The van der Waals surface area contributed by atoms with E-state index in [0.29, 0.717) is 37.7 Å². The minimum absolute atomic E-state index is 0.00336. The Morgan fingerprint density at radius 1 is 1.57 bits per heavy atom. The predicted octanol–water partition coefficient (Wildman–Crippen LogP) is 2.51. The molecule has 0 aromatic carbocycles. The quantitative estimate of drug-likeness (QED) is 0.140. The molecule has 0 bridgehead atoms. The predicted molar refractivity (Wildman–Crippen MR) is 105 cm³/mol. The highest BCUT2D eigenvalue weighted by atomic mass is 35.5. The highest BCUT2D eigenvalue weighted by molar-refractivity contribution is 6.28. The lowest BCUT2D eigenvalue weighted by molar-refractivity contribution is -0.418. The number of ether oxygens (including phenoxy) is 2. The van der Waals surface area contributed by atoms with Crippen molar-refractivity contribution in [3.63, 3.8) is 0 Å². The summed E-state index contributed by atoms with van der Waals surface area (Å²) < 4.78 is 10.6. The summed E-state index contributed by atoms with van der Waals surface area (Å²) in [5.41, 5.74) is 0.789. The Morgan fingerprint density at radius 2 is 2.36 bits per heavy atom. The number of rotatable bonds is 9. The van der Waals surface area contributed by atoms with Crippen molar-refractivity contribution in [3.05, 3.63) is 38.6 Å². The van der Waals surface area contributed by atoms with Crippen LogP contribution in [0.25, 0.3) is 0 Å². The van der Waals surface area contributed by atoms with E-state index in [0.717, 1.165) is 18.4 Å². The third-order valence-corrected chi connectivity index (χ3v) is 4.32. The van der Waals surface area contributed by atoms with Crippen molar-refractivity contribution in [1.29, 1.82) is 5.41 Å². The zero-order valence-electron chi connectivity index (χ0n) is 16.0. The maximum Gasteiger partial charge on any atom is 0.348 e. The van der Waals surface area contributed by atoms with Crippen molar-refractivity contribution in [2.75, 3.05) is 31.7 Å². The maximum atomic E-state index is 11.4. The molecule has 0 amide bonds. The average Bonchev–Trinajstić information content (AvgIpc) is 2.64. The molecule has 1 atom stereocenters. The number of allylic oxidation sites excluding steroid dienone is 1. The monoisotopic (exact) mass is 412 g/mol. The van der Waals surface area contributed by atoms with Crippen LogP contribution in [0.3, 0.4) is 0 Å². The first-order valence-electron chi connectivity index (χ1n) is 9.02. The molecule has 1 aromatic heterocycles. The highest BCUT2D eigenvalue weighted by Gasteiger charge is 2.25. The van der Waals surface area contributed by atoms with Gasteiger partial charge >= 0.3 is 5.70 Å². The van der Waals surface area contributed by atoms with Gasteiger partial charge in [0, 0.05) is 31.0 Å². The van der Waals surface area contributed by atoms with Gasteiger partial charge in [-0.1, -0.05) is 0 Å². The zero-order chi connectivity index (χ0) is 20.5. The Morgan fingerprint density at radius 3 is 3.04 bits per heavy atom. The van der Waals surface area contributed by atoms with E-state index in [1.165, 1.54) is 0 Å². The molecule has 0 saturated carbocycles. The molecular weight excluding hydrogens is 388 g/mol. The van der Waals surface area contributed by atoms with Crippen molar-refractivity contribution in [2.24, 2.45) is 0 Å². The Labute approximate surface area is 168 Å². The lowest BCUT2D eigenvalue weighted by Crippen LogP contribution is -2.37. The van der Waals surface area contributed by atoms with Gasteiger partial charge in [-0.2, -0.15) is 0 Å². The number of hydrogen-bond acceptors (Lipinski definition) is 9. The van der Waals surface area contributed by atoms with Gasteiger partial charge in [-0.15, -0.1) is 0 Å². The fourth-order valence-electron chi connectivity index (χ4n) is 2.74. The minimum Gasteiger partial charge on any atom is -0.473 e. The highest BCUT2D eigenvalue weighted by Crippen LogP contribution is 2.13. The molecule has 0 aliphatic carbocycles. The van der Waals surface area contributed by atoms with Gasteiger partial charge in [0.05, 0.1) is 23.8 Å². The van der Waals surface area contributed by atoms with Crippen molar-refractivity contribution < 1.29 is 14.4 Å². The normalized spacial score (nSPS) is 17.5. The molecule has 1 fully saturated rings. The van der Waals surface area contributed by atoms with E-state index >= 15 is 0 Å². The van der Waals surface area contributed by atoms with Crippen LogP contribution in [0.1, 0.15) is 31.7 Å². The van der Waals surface area contributed by atoms with Crippen molar-refractivity contribution in [1.82, 2.24) is 15.3 Å². The van der Waals surface area contributed by atoms with Crippen LogP contribution in [0, 0.1) is 22.4 Å². The summed E-state index contributed by atoms with van der Waals surface area (Å²) in [4.78, 5) is 18.7. The number of aromatic nitrogens is 2. The molecular formula is C17H25ClN6O4. The number of aryl methyl sites for hydroxylation is 1. The number of hydrogen-bond donors (Lipinski definition) is 3. The van der Waals surface area contributed by atoms with Gasteiger partial charge < -0.3 is 20.1 Å². The van der Waals surface area contributed by atoms with Crippen molar-refractivity contribution in [2.45, 2.75) is 39.2 Å². The lowest BCUT2D eigenvalue weighted by atomic mass is 10.1. The largest absolute Gasteiger partial charge is 0.473 e. The molecule has 1 aliphatic heterocycles. The third-order valence-electron chi connectivity index (χ3n) is 4.14. The number of anilines is 1. The topological polar surface area (TPSA) is 135 Å². The summed E-state index contributed by atoms with van der Waals surface area (Å²) in [6.45, 7) is 5.29. The molecule has 11 heteroatoms. The molecule has 1 aromatic rings. The van der Waals surface area contributed by atoms with E-state index in [1.54, 1.807) is 13.1 Å². The van der Waals surface area contributed by atoms with Gasteiger partial charge in [0.2, 0.25) is 5.28 Å². The van der Waals surface area contributed by atoms with E-state index in [1.807, 2.05) is 6.92 Å². The SMILES string of the molecule is C/C(NC1CCCOC1)=C(/C(=N)OCCCNc1nc(Cl)ncc1C)[N+](=O)[O-]. The van der Waals surface area contributed by atoms with E-state index in [-0.39, 0.29) is 23.6 Å². The van der Waals surface area contributed by atoms with Crippen molar-refractivity contribution >= 4 is 23.3 Å². The lowest BCUT2D eigenvalue weighted by Gasteiger charge is -2.24. The second-order valence-electron chi connectivity index (χ2n) is 6.42. The van der Waals surface area contributed by atoms with Gasteiger partial charge in [0.25, 0.3) is 5.90 Å². The number of halogens is 1. The molecule has 154 valence electrons. The summed E-state index contributed by atoms with van der Waals surface area (Å²) in [5.74, 6) is 0.156. The molecule has 0 spiro atoms. The Bertz CT molecular complexity index is 736. The van der Waals surface area contributed by atoms with Crippen LogP contribution in [-0.2, 0) is 9.47 Å². The Balaban J connectivity index is 1.82. The van der Waals surface area contributed by atoms with Gasteiger partial charge in [-0.3, -0.25) is 15.5 Å². The molecule has 0 radical (unpaired) electrons. The number of nitrogens with one attached hydrogen (secondary N) is 3. The maximum absolute atomic E-state index is 11.4. The van der Waals surface area contributed by atoms with E-state index in [9.17, 15) is 10.1 Å². The fraction of sp³-hybridized carbons (Fsp3) is 0.588. The van der Waals surface area contributed by atoms with Crippen LogP contribution in [-0.4, -0.2) is 53.2 Å². The van der Waals surface area contributed by atoms with E-state index in [2.05, 4.69) is 20.6 Å². The van der Waals surface area contributed by atoms with Crippen LogP contribution < -0.4 is 10.6 Å².